The average molecular weight is 389 g/mol. The van der Waals surface area contributed by atoms with E-state index in [2.05, 4.69) is 22.6 Å². The average Bonchev–Trinajstić information content (AvgIpc) is 3.22. The first-order valence-electron chi connectivity index (χ1n) is 6.41. The first-order valence-corrected chi connectivity index (χ1v) is 7.49. The van der Waals surface area contributed by atoms with E-state index in [9.17, 15) is 9.59 Å². The largest absolute Gasteiger partial charge is 0.484 e. The normalized spacial score (nSPS) is 15.5. The number of rotatable bonds is 6. The summed E-state index contributed by atoms with van der Waals surface area (Å²) in [5.41, 5.74) is 0. The van der Waals surface area contributed by atoms with Gasteiger partial charge in [-0.05, 0) is 66.6 Å². The minimum Gasteiger partial charge on any atom is -0.484 e. The molecule has 1 saturated carbocycles. The van der Waals surface area contributed by atoms with Gasteiger partial charge in [-0.1, -0.05) is 0 Å². The van der Waals surface area contributed by atoms with E-state index in [1.54, 1.807) is 12.1 Å². The third-order valence-electron chi connectivity index (χ3n) is 3.18. The fraction of sp³-hybridized carbons (Fsp3) is 0.429. The molecule has 1 aliphatic carbocycles. The summed E-state index contributed by atoms with van der Waals surface area (Å²) in [6.07, 6.45) is 1.74. The van der Waals surface area contributed by atoms with Gasteiger partial charge in [0.15, 0.2) is 6.61 Å². The molecule has 1 unspecified atom stereocenters. The Labute approximate surface area is 131 Å². The van der Waals surface area contributed by atoms with Crippen molar-refractivity contribution in [3.63, 3.8) is 0 Å². The predicted octanol–water partition coefficient (Wildman–Crippen LogP) is 2.13. The van der Waals surface area contributed by atoms with Gasteiger partial charge in [-0.25, -0.2) is 4.79 Å². The number of carboxylic acids is 1. The van der Waals surface area contributed by atoms with Crippen molar-refractivity contribution in [3.05, 3.63) is 27.8 Å². The Morgan fingerprint density at radius 2 is 2.00 bits per heavy atom. The molecule has 1 fully saturated rings. The highest BCUT2D eigenvalue weighted by atomic mass is 127. The van der Waals surface area contributed by atoms with Crippen molar-refractivity contribution in [1.82, 2.24) is 4.90 Å². The van der Waals surface area contributed by atoms with E-state index in [1.807, 2.05) is 12.1 Å². The van der Waals surface area contributed by atoms with Crippen LogP contribution in [-0.4, -0.2) is 40.6 Å². The molecule has 0 radical (unpaired) electrons. The van der Waals surface area contributed by atoms with Gasteiger partial charge in [-0.3, -0.25) is 4.79 Å². The van der Waals surface area contributed by atoms with Crippen LogP contribution in [0.4, 0.5) is 0 Å². The van der Waals surface area contributed by atoms with Crippen LogP contribution in [0.3, 0.4) is 0 Å². The third kappa shape index (κ3) is 3.84. The van der Waals surface area contributed by atoms with Crippen LogP contribution >= 0.6 is 22.6 Å². The molecule has 1 amide bonds. The summed E-state index contributed by atoms with van der Waals surface area (Å²) < 4.78 is 6.51. The van der Waals surface area contributed by atoms with Crippen molar-refractivity contribution < 1.29 is 19.4 Å². The Morgan fingerprint density at radius 1 is 1.40 bits per heavy atom. The van der Waals surface area contributed by atoms with E-state index in [4.69, 9.17) is 9.84 Å². The number of carbonyl (C=O) groups excluding carboxylic acids is 1. The summed E-state index contributed by atoms with van der Waals surface area (Å²) >= 11 is 2.19. The molecular weight excluding hydrogens is 373 g/mol. The van der Waals surface area contributed by atoms with Crippen molar-refractivity contribution in [2.45, 2.75) is 31.8 Å². The van der Waals surface area contributed by atoms with E-state index in [1.165, 1.54) is 11.8 Å². The summed E-state index contributed by atoms with van der Waals surface area (Å²) in [5, 5.41) is 9.06. The third-order valence-corrected chi connectivity index (χ3v) is 3.90. The SMILES string of the molecule is CC(C(=O)O)N(C(=O)COc1ccc(I)cc1)C1CC1. The zero-order valence-corrected chi connectivity index (χ0v) is 13.2. The number of halogens is 1. The molecule has 0 aliphatic heterocycles. The van der Waals surface area contributed by atoms with Crippen molar-refractivity contribution in [3.8, 4) is 5.75 Å². The number of carboxylic acid groups (broad SMARTS) is 1. The number of ether oxygens (including phenoxy) is 1. The molecule has 0 spiro atoms. The maximum atomic E-state index is 12.1. The van der Waals surface area contributed by atoms with E-state index < -0.39 is 12.0 Å². The monoisotopic (exact) mass is 389 g/mol. The maximum absolute atomic E-state index is 12.1. The number of nitrogens with zero attached hydrogens (tertiary/aromatic N) is 1. The smallest absolute Gasteiger partial charge is 0.326 e. The molecule has 0 bridgehead atoms. The second-order valence-corrected chi connectivity index (χ2v) is 6.03. The number of benzene rings is 1. The molecule has 20 heavy (non-hydrogen) atoms. The zero-order chi connectivity index (χ0) is 14.7. The highest BCUT2D eigenvalue weighted by Crippen LogP contribution is 2.29. The van der Waals surface area contributed by atoms with Crippen LogP contribution in [-0.2, 0) is 9.59 Å². The van der Waals surface area contributed by atoms with Gasteiger partial charge in [0.05, 0.1) is 0 Å². The van der Waals surface area contributed by atoms with Gasteiger partial charge in [0.2, 0.25) is 0 Å². The Balaban J connectivity index is 1.95. The minimum atomic E-state index is -0.987. The number of carbonyl (C=O) groups is 2. The standard InChI is InChI=1S/C14H16INO4/c1-9(14(18)19)16(11-4-5-11)13(17)8-20-12-6-2-10(15)3-7-12/h2-3,6-7,9,11H,4-5,8H2,1H3,(H,18,19). The molecular formula is C14H16INO4. The van der Waals surface area contributed by atoms with E-state index in [-0.39, 0.29) is 18.6 Å². The molecule has 1 N–H and O–H groups in total. The van der Waals surface area contributed by atoms with Crippen LogP contribution in [0.15, 0.2) is 24.3 Å². The summed E-state index contributed by atoms with van der Waals surface area (Å²) in [7, 11) is 0. The van der Waals surface area contributed by atoms with Gasteiger partial charge in [0, 0.05) is 9.61 Å². The number of hydrogen-bond acceptors (Lipinski definition) is 3. The van der Waals surface area contributed by atoms with Crippen LogP contribution in [0.1, 0.15) is 19.8 Å². The van der Waals surface area contributed by atoms with Crippen LogP contribution in [0, 0.1) is 3.57 Å². The van der Waals surface area contributed by atoms with Crippen molar-refractivity contribution in [1.29, 1.82) is 0 Å². The Kier molecular flexibility index (Phi) is 4.85. The van der Waals surface area contributed by atoms with Crippen LogP contribution < -0.4 is 4.74 Å². The Bertz CT molecular complexity index is 498. The van der Waals surface area contributed by atoms with Gasteiger partial charge in [-0.2, -0.15) is 0 Å². The number of aliphatic carboxylic acids is 1. The zero-order valence-electron chi connectivity index (χ0n) is 11.1. The van der Waals surface area contributed by atoms with Gasteiger partial charge in [0.25, 0.3) is 5.91 Å². The van der Waals surface area contributed by atoms with Gasteiger partial charge in [0.1, 0.15) is 11.8 Å². The van der Waals surface area contributed by atoms with Crippen molar-refractivity contribution in [2.24, 2.45) is 0 Å². The summed E-state index contributed by atoms with van der Waals surface area (Å²) in [5.74, 6) is -0.655. The molecule has 6 heteroatoms. The molecule has 1 atom stereocenters. The topological polar surface area (TPSA) is 66.8 Å². The molecule has 0 aromatic heterocycles. The Hall–Kier alpha value is -1.31. The minimum absolute atomic E-state index is 0.0499. The molecule has 1 aromatic carbocycles. The number of hydrogen-bond donors (Lipinski definition) is 1. The lowest BCUT2D eigenvalue weighted by Crippen LogP contribution is -2.46. The Morgan fingerprint density at radius 3 is 2.50 bits per heavy atom. The molecule has 1 aromatic rings. The van der Waals surface area contributed by atoms with E-state index in [0.717, 1.165) is 16.4 Å². The summed E-state index contributed by atoms with van der Waals surface area (Å²) in [4.78, 5) is 24.6. The lowest BCUT2D eigenvalue weighted by molar-refractivity contribution is -0.150. The molecule has 0 heterocycles. The highest BCUT2D eigenvalue weighted by molar-refractivity contribution is 14.1. The lowest BCUT2D eigenvalue weighted by atomic mass is 10.2. The second kappa shape index (κ2) is 6.43. The van der Waals surface area contributed by atoms with Crippen LogP contribution in [0.25, 0.3) is 0 Å². The lowest BCUT2D eigenvalue weighted by Gasteiger charge is -2.26. The second-order valence-electron chi connectivity index (χ2n) is 4.79. The van der Waals surface area contributed by atoms with Crippen LogP contribution in [0.2, 0.25) is 0 Å². The van der Waals surface area contributed by atoms with E-state index >= 15 is 0 Å². The van der Waals surface area contributed by atoms with Crippen molar-refractivity contribution in [2.75, 3.05) is 6.61 Å². The fourth-order valence-corrected chi connectivity index (χ4v) is 2.32. The summed E-state index contributed by atoms with van der Waals surface area (Å²) in [6.45, 7) is 1.40. The van der Waals surface area contributed by atoms with E-state index in [0.29, 0.717) is 5.75 Å². The van der Waals surface area contributed by atoms with Crippen LogP contribution in [0.5, 0.6) is 5.75 Å². The first-order chi connectivity index (χ1) is 9.49. The van der Waals surface area contributed by atoms with Gasteiger partial charge in [-0.15, -0.1) is 0 Å². The quantitative estimate of drug-likeness (QED) is 0.758. The van der Waals surface area contributed by atoms with Gasteiger partial charge < -0.3 is 14.7 Å². The predicted molar refractivity (Wildman–Crippen MR) is 81.6 cm³/mol. The molecule has 5 nitrogen and oxygen atoms in total. The molecule has 1 aliphatic rings. The number of amides is 1. The fourth-order valence-electron chi connectivity index (χ4n) is 1.96. The van der Waals surface area contributed by atoms with Gasteiger partial charge >= 0.3 is 5.97 Å². The maximum Gasteiger partial charge on any atom is 0.326 e. The molecule has 2 rings (SSSR count). The first kappa shape index (κ1) is 15.1. The van der Waals surface area contributed by atoms with Crippen molar-refractivity contribution >= 4 is 34.5 Å². The molecule has 108 valence electrons. The molecule has 0 saturated heterocycles. The highest BCUT2D eigenvalue weighted by Gasteiger charge is 2.38. The summed E-state index contributed by atoms with van der Waals surface area (Å²) in [6, 6.07) is 6.59.